The fourth-order valence-electron chi connectivity index (χ4n) is 4.02. The molecule has 2 heterocycles. The molecule has 2 atom stereocenters. The van der Waals surface area contributed by atoms with Crippen molar-refractivity contribution in [1.82, 2.24) is 4.90 Å². The zero-order chi connectivity index (χ0) is 18.7. The molecule has 0 aliphatic carbocycles. The minimum atomic E-state index is -0.00278. The van der Waals surface area contributed by atoms with Crippen molar-refractivity contribution >= 4 is 5.91 Å². The maximum absolute atomic E-state index is 13.0. The number of hydrogen-bond donors (Lipinski definition) is 1. The molecule has 1 aromatic rings. The molecule has 2 aliphatic rings. The minimum Gasteiger partial charge on any atom is -0.454 e. The Morgan fingerprint density at radius 2 is 2.04 bits per heavy atom. The molecule has 2 aliphatic heterocycles. The highest BCUT2D eigenvalue weighted by Gasteiger charge is 2.31. The van der Waals surface area contributed by atoms with Crippen LogP contribution in [-0.4, -0.2) is 43.3 Å². The Bertz CT molecular complexity index is 639. The Morgan fingerprint density at radius 3 is 2.77 bits per heavy atom. The van der Waals surface area contributed by atoms with Crippen molar-refractivity contribution in [3.05, 3.63) is 23.8 Å². The third-order valence-corrected chi connectivity index (χ3v) is 5.37. The van der Waals surface area contributed by atoms with Gasteiger partial charge >= 0.3 is 0 Å². The zero-order valence-corrected chi connectivity index (χ0v) is 16.6. The molecule has 0 saturated carbocycles. The molecule has 1 fully saturated rings. The summed E-state index contributed by atoms with van der Waals surface area (Å²) in [4.78, 5) is 16.7. The third kappa shape index (κ3) is 4.70. The van der Waals surface area contributed by atoms with Crippen LogP contribution in [0.1, 0.15) is 52.5 Å². The topological polar surface area (TPSA) is 43.2 Å². The molecule has 1 saturated heterocycles. The summed E-state index contributed by atoms with van der Waals surface area (Å²) >= 11 is 0. The molecule has 1 aromatic carbocycles. The van der Waals surface area contributed by atoms with Gasteiger partial charge in [-0.2, -0.15) is 0 Å². The van der Waals surface area contributed by atoms with E-state index in [2.05, 4.69) is 32.6 Å². The average Bonchev–Trinajstić information content (AvgIpc) is 3.20. The molecule has 5 nitrogen and oxygen atoms in total. The van der Waals surface area contributed by atoms with Crippen LogP contribution in [0.15, 0.2) is 18.2 Å². The fourth-order valence-corrected chi connectivity index (χ4v) is 4.02. The van der Waals surface area contributed by atoms with Crippen molar-refractivity contribution in [2.75, 3.05) is 26.4 Å². The number of amides is 1. The summed E-state index contributed by atoms with van der Waals surface area (Å²) in [7, 11) is 0. The maximum atomic E-state index is 13.0. The summed E-state index contributed by atoms with van der Waals surface area (Å²) in [5.41, 5.74) is 1.10. The molecule has 0 spiro atoms. The first-order chi connectivity index (χ1) is 12.4. The predicted octanol–water partition coefficient (Wildman–Crippen LogP) is 2.25. The number of quaternary nitrogens is 1. The molecule has 5 heteroatoms. The quantitative estimate of drug-likeness (QED) is 0.845. The van der Waals surface area contributed by atoms with Crippen LogP contribution in [0.3, 0.4) is 0 Å². The van der Waals surface area contributed by atoms with Crippen LogP contribution < -0.4 is 14.4 Å². The van der Waals surface area contributed by atoms with Gasteiger partial charge in [0.05, 0.1) is 19.6 Å². The Morgan fingerprint density at radius 1 is 1.27 bits per heavy atom. The van der Waals surface area contributed by atoms with Gasteiger partial charge in [-0.25, -0.2) is 0 Å². The van der Waals surface area contributed by atoms with Crippen LogP contribution >= 0.6 is 0 Å². The van der Waals surface area contributed by atoms with Gasteiger partial charge in [0.15, 0.2) is 11.5 Å². The van der Waals surface area contributed by atoms with Crippen molar-refractivity contribution in [2.45, 2.75) is 59.5 Å². The number of likely N-dealkylation sites (tertiary alicyclic amines) is 1. The van der Waals surface area contributed by atoms with Gasteiger partial charge < -0.3 is 19.3 Å². The summed E-state index contributed by atoms with van der Waals surface area (Å²) in [6.07, 6.45) is 3.05. The van der Waals surface area contributed by atoms with E-state index in [0.29, 0.717) is 19.0 Å². The van der Waals surface area contributed by atoms with E-state index >= 15 is 0 Å². The van der Waals surface area contributed by atoms with Gasteiger partial charge in [0.1, 0.15) is 6.04 Å². The molecule has 0 bridgehead atoms. The average molecular weight is 362 g/mol. The van der Waals surface area contributed by atoms with Crippen LogP contribution in [-0.2, 0) is 11.3 Å². The summed E-state index contributed by atoms with van der Waals surface area (Å²) in [6, 6.07) is 6.56. The SMILES string of the molecule is CC[NH+]1CCC[C@H]1CN(Cc1ccc2c(c1)OCO2)C(=O)CC(C)(C)C. The number of rotatable bonds is 6. The Hall–Kier alpha value is -1.75. The molecule has 1 N–H and O–H groups in total. The maximum Gasteiger partial charge on any atom is 0.231 e. The monoisotopic (exact) mass is 361 g/mol. The van der Waals surface area contributed by atoms with Gasteiger partial charge in [-0.1, -0.05) is 26.8 Å². The lowest BCUT2D eigenvalue weighted by Gasteiger charge is -2.30. The van der Waals surface area contributed by atoms with Gasteiger partial charge in [-0.3, -0.25) is 4.79 Å². The van der Waals surface area contributed by atoms with Crippen molar-refractivity contribution < 1.29 is 19.2 Å². The summed E-state index contributed by atoms with van der Waals surface area (Å²) in [6.45, 7) is 12.7. The molecule has 1 unspecified atom stereocenters. The number of nitrogens with one attached hydrogen (secondary N) is 1. The summed E-state index contributed by atoms with van der Waals surface area (Å²) < 4.78 is 10.9. The molecule has 0 aromatic heterocycles. The van der Waals surface area contributed by atoms with E-state index in [-0.39, 0.29) is 18.1 Å². The van der Waals surface area contributed by atoms with Crippen molar-refractivity contribution in [1.29, 1.82) is 0 Å². The number of nitrogens with zero attached hydrogens (tertiary/aromatic N) is 1. The standard InChI is InChI=1S/C21H32N2O3/c1-5-22-10-6-7-17(22)14-23(20(24)12-21(2,3)4)13-16-8-9-18-19(11-16)26-15-25-18/h8-9,11,17H,5-7,10,12-15H2,1-4H3/p+1/t17-/m0/s1. The molecule has 1 amide bonds. The Balaban J connectivity index is 1.74. The van der Waals surface area contributed by atoms with E-state index in [0.717, 1.165) is 30.2 Å². The van der Waals surface area contributed by atoms with Crippen LogP contribution in [0.4, 0.5) is 0 Å². The number of fused-ring (bicyclic) bond motifs is 1. The van der Waals surface area contributed by atoms with E-state index in [1.807, 2.05) is 18.2 Å². The van der Waals surface area contributed by atoms with Crippen LogP contribution in [0.25, 0.3) is 0 Å². The van der Waals surface area contributed by atoms with Gasteiger partial charge in [0.2, 0.25) is 12.7 Å². The van der Waals surface area contributed by atoms with Crippen molar-refractivity contribution in [2.24, 2.45) is 5.41 Å². The Labute approximate surface area is 157 Å². The number of ether oxygens (including phenoxy) is 2. The van der Waals surface area contributed by atoms with E-state index in [1.54, 1.807) is 4.90 Å². The van der Waals surface area contributed by atoms with Gasteiger partial charge in [-0.05, 0) is 30.0 Å². The first-order valence-corrected chi connectivity index (χ1v) is 9.86. The van der Waals surface area contributed by atoms with Crippen molar-refractivity contribution in [3.63, 3.8) is 0 Å². The van der Waals surface area contributed by atoms with Gasteiger partial charge in [-0.15, -0.1) is 0 Å². The second kappa shape index (κ2) is 7.87. The lowest BCUT2D eigenvalue weighted by molar-refractivity contribution is -0.909. The van der Waals surface area contributed by atoms with Crippen LogP contribution in [0, 0.1) is 5.41 Å². The number of benzene rings is 1. The highest BCUT2D eigenvalue weighted by atomic mass is 16.7. The number of carbonyl (C=O) groups excluding carboxylic acids is 1. The molecular weight excluding hydrogens is 328 g/mol. The lowest BCUT2D eigenvalue weighted by Crippen LogP contribution is -3.14. The van der Waals surface area contributed by atoms with Crippen LogP contribution in [0.2, 0.25) is 0 Å². The van der Waals surface area contributed by atoms with E-state index in [1.165, 1.54) is 19.4 Å². The molecule has 3 rings (SSSR count). The second-order valence-corrected chi connectivity index (χ2v) is 8.80. The van der Waals surface area contributed by atoms with Crippen molar-refractivity contribution in [3.8, 4) is 11.5 Å². The fraction of sp³-hybridized carbons (Fsp3) is 0.667. The van der Waals surface area contributed by atoms with E-state index in [9.17, 15) is 4.79 Å². The third-order valence-electron chi connectivity index (χ3n) is 5.37. The molecule has 0 radical (unpaired) electrons. The zero-order valence-electron chi connectivity index (χ0n) is 16.6. The predicted molar refractivity (Wildman–Crippen MR) is 101 cm³/mol. The summed E-state index contributed by atoms with van der Waals surface area (Å²) in [5, 5.41) is 0. The second-order valence-electron chi connectivity index (χ2n) is 8.80. The normalized spacial score (nSPS) is 21.8. The van der Waals surface area contributed by atoms with Crippen LogP contribution in [0.5, 0.6) is 11.5 Å². The van der Waals surface area contributed by atoms with E-state index < -0.39 is 0 Å². The molecule has 26 heavy (non-hydrogen) atoms. The first-order valence-electron chi connectivity index (χ1n) is 9.86. The first kappa shape index (κ1) is 19.0. The molecular formula is C21H33N2O3+. The van der Waals surface area contributed by atoms with Gasteiger partial charge in [0, 0.05) is 25.8 Å². The van der Waals surface area contributed by atoms with Gasteiger partial charge in [0.25, 0.3) is 0 Å². The largest absolute Gasteiger partial charge is 0.454 e. The summed E-state index contributed by atoms with van der Waals surface area (Å²) in [5.74, 6) is 1.82. The number of carbonyl (C=O) groups is 1. The molecule has 144 valence electrons. The number of hydrogen-bond acceptors (Lipinski definition) is 3. The highest BCUT2D eigenvalue weighted by molar-refractivity contribution is 5.77. The number of likely N-dealkylation sites (N-methyl/N-ethyl adjacent to an activating group) is 1. The minimum absolute atomic E-state index is 0.00278. The lowest BCUT2D eigenvalue weighted by atomic mass is 9.91. The highest BCUT2D eigenvalue weighted by Crippen LogP contribution is 2.33. The smallest absolute Gasteiger partial charge is 0.231 e. The Kier molecular flexibility index (Phi) is 5.76. The van der Waals surface area contributed by atoms with E-state index in [4.69, 9.17) is 9.47 Å².